The van der Waals surface area contributed by atoms with Gasteiger partial charge in [0.15, 0.2) is 0 Å². The standard InChI is InChI=1S/C30H34ClN3O/c31-29-8-4-3-7-28(29)22-33-16-14-26(15-17-33)30(35)32-19-23-9-11-24(12-10-23)20-34-18-13-25-5-1-2-6-27(25)21-34/h1-12,26H,13-22H2,(H,32,35). The zero-order valence-electron chi connectivity index (χ0n) is 20.3. The number of hydrogen-bond acceptors (Lipinski definition) is 3. The van der Waals surface area contributed by atoms with E-state index >= 15 is 0 Å². The SMILES string of the molecule is O=C(NCc1ccc(CN2CCc3ccccc3C2)cc1)C1CCN(Cc2ccccc2Cl)CC1. The molecule has 0 saturated carbocycles. The number of halogens is 1. The van der Waals surface area contributed by atoms with Crippen molar-refractivity contribution in [2.24, 2.45) is 5.92 Å². The van der Waals surface area contributed by atoms with E-state index in [1.807, 2.05) is 18.2 Å². The Hall–Kier alpha value is -2.66. The predicted octanol–water partition coefficient (Wildman–Crippen LogP) is 5.43. The maximum absolute atomic E-state index is 12.8. The first kappa shape index (κ1) is 24.1. The molecule has 0 spiro atoms. The number of piperidine rings is 1. The zero-order valence-corrected chi connectivity index (χ0v) is 21.0. The van der Waals surface area contributed by atoms with Crippen molar-refractivity contribution in [3.05, 3.63) is 106 Å². The Morgan fingerprint density at radius 3 is 2.26 bits per heavy atom. The second kappa shape index (κ2) is 11.4. The molecule has 0 aromatic heterocycles. The maximum atomic E-state index is 12.8. The lowest BCUT2D eigenvalue weighted by molar-refractivity contribution is -0.126. The number of nitrogens with one attached hydrogen (secondary N) is 1. The molecule has 2 heterocycles. The van der Waals surface area contributed by atoms with Gasteiger partial charge in [-0.3, -0.25) is 14.6 Å². The monoisotopic (exact) mass is 487 g/mol. The van der Waals surface area contributed by atoms with Crippen molar-refractivity contribution in [1.29, 1.82) is 0 Å². The van der Waals surface area contributed by atoms with Gasteiger partial charge in [-0.1, -0.05) is 78.3 Å². The first-order chi connectivity index (χ1) is 17.1. The maximum Gasteiger partial charge on any atom is 0.223 e. The van der Waals surface area contributed by atoms with Gasteiger partial charge >= 0.3 is 0 Å². The van der Waals surface area contributed by atoms with Crippen LogP contribution in [0.1, 0.15) is 40.7 Å². The molecule has 2 aliphatic heterocycles. The predicted molar refractivity (Wildman–Crippen MR) is 142 cm³/mol. The third kappa shape index (κ3) is 6.32. The molecule has 1 amide bonds. The normalized spacial score (nSPS) is 17.2. The molecule has 1 saturated heterocycles. The second-order valence-corrected chi connectivity index (χ2v) is 10.3. The van der Waals surface area contributed by atoms with Crippen LogP contribution in [0.3, 0.4) is 0 Å². The van der Waals surface area contributed by atoms with E-state index in [0.717, 1.165) is 74.7 Å². The number of amides is 1. The Bertz CT molecular complexity index is 1140. The van der Waals surface area contributed by atoms with Crippen LogP contribution in [0.25, 0.3) is 0 Å². The molecule has 0 unspecified atom stereocenters. The van der Waals surface area contributed by atoms with Crippen LogP contribution in [0, 0.1) is 5.92 Å². The van der Waals surface area contributed by atoms with Gasteiger partial charge in [0, 0.05) is 43.7 Å². The fourth-order valence-corrected chi connectivity index (χ4v) is 5.46. The van der Waals surface area contributed by atoms with Crippen LogP contribution in [0.2, 0.25) is 5.02 Å². The Kier molecular flexibility index (Phi) is 7.82. The number of nitrogens with zero attached hydrogens (tertiary/aromatic N) is 2. The molecule has 0 aliphatic carbocycles. The minimum absolute atomic E-state index is 0.0961. The smallest absolute Gasteiger partial charge is 0.223 e. The highest BCUT2D eigenvalue weighted by Gasteiger charge is 2.25. The van der Waals surface area contributed by atoms with Crippen molar-refractivity contribution in [3.63, 3.8) is 0 Å². The van der Waals surface area contributed by atoms with Gasteiger partial charge in [0.05, 0.1) is 0 Å². The van der Waals surface area contributed by atoms with Gasteiger partial charge in [-0.25, -0.2) is 0 Å². The van der Waals surface area contributed by atoms with E-state index in [9.17, 15) is 4.79 Å². The Balaban J connectivity index is 1.05. The Morgan fingerprint density at radius 2 is 1.49 bits per heavy atom. The van der Waals surface area contributed by atoms with Gasteiger partial charge in [0.25, 0.3) is 0 Å². The zero-order chi connectivity index (χ0) is 24.0. The lowest BCUT2D eigenvalue weighted by Gasteiger charge is -2.31. The molecule has 2 aliphatic rings. The lowest BCUT2D eigenvalue weighted by Crippen LogP contribution is -2.40. The molecule has 5 rings (SSSR count). The number of likely N-dealkylation sites (tertiary alicyclic amines) is 1. The summed E-state index contributed by atoms with van der Waals surface area (Å²) in [6.45, 7) is 6.39. The van der Waals surface area contributed by atoms with Crippen molar-refractivity contribution >= 4 is 17.5 Å². The summed E-state index contributed by atoms with van der Waals surface area (Å²) in [6.07, 6.45) is 2.92. The molecule has 0 radical (unpaired) electrons. The summed E-state index contributed by atoms with van der Waals surface area (Å²) in [5.74, 6) is 0.275. The van der Waals surface area contributed by atoms with Gasteiger partial charge in [-0.05, 0) is 66.2 Å². The minimum atomic E-state index is 0.0961. The van der Waals surface area contributed by atoms with Gasteiger partial charge < -0.3 is 5.32 Å². The third-order valence-electron chi connectivity index (χ3n) is 7.42. The van der Waals surface area contributed by atoms with Gasteiger partial charge in [0.2, 0.25) is 5.91 Å². The minimum Gasteiger partial charge on any atom is -0.352 e. The van der Waals surface area contributed by atoms with Crippen molar-refractivity contribution in [2.45, 2.75) is 45.4 Å². The number of rotatable bonds is 7. The molecule has 1 N–H and O–H groups in total. The lowest BCUT2D eigenvalue weighted by atomic mass is 9.95. The molecular weight excluding hydrogens is 454 g/mol. The summed E-state index contributed by atoms with van der Waals surface area (Å²) in [6, 6.07) is 25.5. The van der Waals surface area contributed by atoms with Crippen molar-refractivity contribution in [1.82, 2.24) is 15.1 Å². The summed E-state index contributed by atoms with van der Waals surface area (Å²) >= 11 is 6.31. The summed E-state index contributed by atoms with van der Waals surface area (Å²) < 4.78 is 0. The molecule has 5 heteroatoms. The van der Waals surface area contributed by atoms with E-state index < -0.39 is 0 Å². The van der Waals surface area contributed by atoms with Crippen LogP contribution >= 0.6 is 11.6 Å². The van der Waals surface area contributed by atoms with E-state index in [0.29, 0.717) is 6.54 Å². The van der Waals surface area contributed by atoms with E-state index in [1.54, 1.807) is 0 Å². The highest BCUT2D eigenvalue weighted by atomic mass is 35.5. The molecule has 0 atom stereocenters. The molecule has 3 aromatic rings. The van der Waals surface area contributed by atoms with Crippen LogP contribution in [-0.4, -0.2) is 35.3 Å². The Labute approximate surface area is 213 Å². The molecule has 3 aromatic carbocycles. The average Bonchev–Trinajstić information content (AvgIpc) is 2.90. The van der Waals surface area contributed by atoms with Gasteiger partial charge in [-0.15, -0.1) is 0 Å². The third-order valence-corrected chi connectivity index (χ3v) is 7.78. The van der Waals surface area contributed by atoms with Crippen LogP contribution in [0.15, 0.2) is 72.8 Å². The summed E-state index contributed by atoms with van der Waals surface area (Å²) in [4.78, 5) is 17.7. The highest BCUT2D eigenvalue weighted by molar-refractivity contribution is 6.31. The summed E-state index contributed by atoms with van der Waals surface area (Å²) in [5, 5.41) is 3.98. The number of fused-ring (bicyclic) bond motifs is 1. The van der Waals surface area contributed by atoms with Gasteiger partial charge in [0.1, 0.15) is 0 Å². The molecule has 35 heavy (non-hydrogen) atoms. The molecule has 1 fully saturated rings. The first-order valence-electron chi connectivity index (χ1n) is 12.7. The quantitative estimate of drug-likeness (QED) is 0.483. The molecule has 4 nitrogen and oxygen atoms in total. The highest BCUT2D eigenvalue weighted by Crippen LogP contribution is 2.23. The number of benzene rings is 3. The van der Waals surface area contributed by atoms with Crippen molar-refractivity contribution < 1.29 is 4.79 Å². The fraction of sp³-hybridized carbons (Fsp3) is 0.367. The van der Waals surface area contributed by atoms with Crippen molar-refractivity contribution in [3.8, 4) is 0 Å². The summed E-state index contributed by atoms with van der Waals surface area (Å²) in [7, 11) is 0. The van der Waals surface area contributed by atoms with E-state index in [2.05, 4.69) is 69.7 Å². The Morgan fingerprint density at radius 1 is 0.800 bits per heavy atom. The number of carbonyl (C=O) groups excluding carboxylic acids is 1. The van der Waals surface area contributed by atoms with E-state index in [1.165, 1.54) is 16.7 Å². The molecule has 0 bridgehead atoms. The van der Waals surface area contributed by atoms with Crippen LogP contribution in [0.4, 0.5) is 0 Å². The van der Waals surface area contributed by atoms with Crippen LogP contribution < -0.4 is 5.32 Å². The van der Waals surface area contributed by atoms with Crippen molar-refractivity contribution in [2.75, 3.05) is 19.6 Å². The number of carbonyl (C=O) groups is 1. The largest absolute Gasteiger partial charge is 0.352 e. The van der Waals surface area contributed by atoms with E-state index in [-0.39, 0.29) is 11.8 Å². The molecular formula is C30H34ClN3O. The average molecular weight is 488 g/mol. The van der Waals surface area contributed by atoms with E-state index in [4.69, 9.17) is 11.6 Å². The first-order valence-corrected chi connectivity index (χ1v) is 13.1. The summed E-state index contributed by atoms with van der Waals surface area (Å²) in [5.41, 5.74) is 6.58. The fourth-order valence-electron chi connectivity index (χ4n) is 5.26. The van der Waals surface area contributed by atoms with Crippen LogP contribution in [-0.2, 0) is 37.4 Å². The number of hydrogen-bond donors (Lipinski definition) is 1. The van der Waals surface area contributed by atoms with Gasteiger partial charge in [-0.2, -0.15) is 0 Å². The topological polar surface area (TPSA) is 35.6 Å². The van der Waals surface area contributed by atoms with Crippen LogP contribution in [0.5, 0.6) is 0 Å². The second-order valence-electron chi connectivity index (χ2n) is 9.91. The molecule has 182 valence electrons.